The summed E-state index contributed by atoms with van der Waals surface area (Å²) in [7, 11) is 0. The van der Waals surface area contributed by atoms with Crippen molar-refractivity contribution in [3.63, 3.8) is 0 Å². The Morgan fingerprint density at radius 1 is 1.88 bits per heavy atom. The highest BCUT2D eigenvalue weighted by Gasteiger charge is 2.55. The molecule has 0 aromatic carbocycles. The van der Waals surface area contributed by atoms with E-state index in [0.717, 1.165) is 0 Å². The van der Waals surface area contributed by atoms with Gasteiger partial charge >= 0.3 is 5.97 Å². The highest BCUT2D eigenvalue weighted by molar-refractivity contribution is 5.83. The summed E-state index contributed by atoms with van der Waals surface area (Å²) < 4.78 is 0. The maximum Gasteiger partial charge on any atom is 0.325 e. The molecule has 0 saturated heterocycles. The van der Waals surface area contributed by atoms with Gasteiger partial charge < -0.3 is 16.6 Å². The molecular weight excluding hydrogens is 108 g/mol. The molecule has 0 radical (unpaired) electrons. The highest BCUT2D eigenvalue weighted by Crippen LogP contribution is 2.30. The minimum atomic E-state index is -1.10. The van der Waals surface area contributed by atoms with Gasteiger partial charge in [-0.1, -0.05) is 0 Å². The normalized spacial score (nSPS) is 44.0. The molecule has 1 unspecified atom stereocenters. The van der Waals surface area contributed by atoms with Gasteiger partial charge in [0.2, 0.25) is 0 Å². The zero-order valence-corrected chi connectivity index (χ0v) is 4.29. The summed E-state index contributed by atoms with van der Waals surface area (Å²) >= 11 is 0. The van der Waals surface area contributed by atoms with Crippen LogP contribution in [0.1, 0.15) is 6.42 Å². The van der Waals surface area contributed by atoms with Gasteiger partial charge in [-0.15, -0.1) is 0 Å². The lowest BCUT2D eigenvalue weighted by atomic mass is 10.3. The fraction of sp³-hybridized carbons (Fsp3) is 0.750. The van der Waals surface area contributed by atoms with Crippen LogP contribution in [0.3, 0.4) is 0 Å². The first-order valence-electron chi connectivity index (χ1n) is 2.35. The molecule has 5 N–H and O–H groups in total. The molecule has 1 rings (SSSR count). The third-order valence-electron chi connectivity index (χ3n) is 1.46. The number of carbonyl (C=O) groups is 1. The molecule has 4 heteroatoms. The third-order valence-corrected chi connectivity index (χ3v) is 1.46. The highest BCUT2D eigenvalue weighted by atomic mass is 16.4. The first-order chi connectivity index (χ1) is 3.57. The number of carboxylic acid groups (broad SMARTS) is 1. The van der Waals surface area contributed by atoms with Crippen LogP contribution in [0.5, 0.6) is 0 Å². The van der Waals surface area contributed by atoms with E-state index in [0.29, 0.717) is 6.42 Å². The molecule has 1 aliphatic rings. The van der Waals surface area contributed by atoms with E-state index >= 15 is 0 Å². The predicted molar refractivity (Wildman–Crippen MR) is 27.1 cm³/mol. The molecule has 0 aromatic rings. The Labute approximate surface area is 46.5 Å². The minimum Gasteiger partial charge on any atom is -0.480 e. The summed E-state index contributed by atoms with van der Waals surface area (Å²) in [6.45, 7) is 0. The lowest BCUT2D eigenvalue weighted by Crippen LogP contribution is -2.39. The van der Waals surface area contributed by atoms with Crippen molar-refractivity contribution < 1.29 is 9.90 Å². The van der Waals surface area contributed by atoms with Gasteiger partial charge in [0, 0.05) is 6.04 Å². The van der Waals surface area contributed by atoms with Crippen molar-refractivity contribution in [2.75, 3.05) is 0 Å². The molecular formula is C4H8N2O2. The third kappa shape index (κ3) is 0.502. The Bertz CT molecular complexity index is 136. The molecule has 0 bridgehead atoms. The second-order valence-electron chi connectivity index (χ2n) is 2.16. The maximum atomic E-state index is 10.1. The number of rotatable bonds is 1. The Hall–Kier alpha value is -0.610. The van der Waals surface area contributed by atoms with Gasteiger partial charge in [0.1, 0.15) is 5.54 Å². The van der Waals surface area contributed by atoms with E-state index in [4.69, 9.17) is 16.6 Å². The molecule has 8 heavy (non-hydrogen) atoms. The van der Waals surface area contributed by atoms with Crippen molar-refractivity contribution in [3.8, 4) is 0 Å². The van der Waals surface area contributed by atoms with Gasteiger partial charge in [-0.25, -0.2) is 0 Å². The Balaban J connectivity index is 2.60. The Kier molecular flexibility index (Phi) is 0.835. The summed E-state index contributed by atoms with van der Waals surface area (Å²) in [6, 6.07) is -0.333. The number of nitrogens with two attached hydrogens (primary N) is 2. The quantitative estimate of drug-likeness (QED) is 0.389. The topological polar surface area (TPSA) is 89.3 Å². The molecule has 1 aliphatic carbocycles. The van der Waals surface area contributed by atoms with Crippen molar-refractivity contribution in [2.24, 2.45) is 11.5 Å². The summed E-state index contributed by atoms with van der Waals surface area (Å²) in [5.41, 5.74) is 9.31. The SMILES string of the molecule is NC1C[C@@]1(N)C(=O)O. The second-order valence-corrected chi connectivity index (χ2v) is 2.16. The number of hydrogen-bond donors (Lipinski definition) is 3. The summed E-state index contributed by atoms with van der Waals surface area (Å²) in [4.78, 5) is 10.1. The monoisotopic (exact) mass is 116 g/mol. The van der Waals surface area contributed by atoms with Crippen LogP contribution in [0.15, 0.2) is 0 Å². The summed E-state index contributed by atoms with van der Waals surface area (Å²) in [5.74, 6) is -0.995. The predicted octanol–water partition coefficient (Wildman–Crippen LogP) is -1.50. The van der Waals surface area contributed by atoms with Crippen LogP contribution in [-0.2, 0) is 4.79 Å². The van der Waals surface area contributed by atoms with Crippen LogP contribution in [-0.4, -0.2) is 22.7 Å². The minimum absolute atomic E-state index is 0.333. The first-order valence-corrected chi connectivity index (χ1v) is 2.35. The van der Waals surface area contributed by atoms with Gasteiger partial charge in [-0.3, -0.25) is 4.79 Å². The van der Waals surface area contributed by atoms with Crippen molar-refractivity contribution in [1.29, 1.82) is 0 Å². The van der Waals surface area contributed by atoms with Crippen LogP contribution < -0.4 is 11.5 Å². The van der Waals surface area contributed by atoms with Crippen LogP contribution >= 0.6 is 0 Å². The first kappa shape index (κ1) is 5.53. The number of hydrogen-bond acceptors (Lipinski definition) is 3. The van der Waals surface area contributed by atoms with E-state index in [1.165, 1.54) is 0 Å². The van der Waals surface area contributed by atoms with E-state index < -0.39 is 11.5 Å². The molecule has 1 saturated carbocycles. The van der Waals surface area contributed by atoms with Gasteiger partial charge in [-0.2, -0.15) is 0 Å². The molecule has 0 aliphatic heterocycles. The Morgan fingerprint density at radius 3 is 2.25 bits per heavy atom. The molecule has 1 fully saturated rings. The summed E-state index contributed by atoms with van der Waals surface area (Å²) in [6.07, 6.45) is 0.405. The van der Waals surface area contributed by atoms with Crippen molar-refractivity contribution in [1.82, 2.24) is 0 Å². The summed E-state index contributed by atoms with van der Waals surface area (Å²) in [5, 5.41) is 8.28. The molecule has 4 nitrogen and oxygen atoms in total. The van der Waals surface area contributed by atoms with E-state index in [1.807, 2.05) is 0 Å². The molecule has 0 aromatic heterocycles. The van der Waals surface area contributed by atoms with Crippen molar-refractivity contribution >= 4 is 5.97 Å². The smallest absolute Gasteiger partial charge is 0.325 e. The second kappa shape index (κ2) is 1.21. The fourth-order valence-corrected chi connectivity index (χ4v) is 0.551. The van der Waals surface area contributed by atoms with Gasteiger partial charge in [0.25, 0.3) is 0 Å². The largest absolute Gasteiger partial charge is 0.480 e. The van der Waals surface area contributed by atoms with Gasteiger partial charge in [-0.05, 0) is 6.42 Å². The number of aliphatic carboxylic acids is 1. The van der Waals surface area contributed by atoms with Crippen LogP contribution in [0.4, 0.5) is 0 Å². The van der Waals surface area contributed by atoms with Gasteiger partial charge in [0.05, 0.1) is 0 Å². The molecule has 46 valence electrons. The van der Waals surface area contributed by atoms with Crippen LogP contribution in [0.25, 0.3) is 0 Å². The van der Waals surface area contributed by atoms with E-state index in [1.54, 1.807) is 0 Å². The standard InChI is InChI=1S/C4H8N2O2/c5-2-1-4(2,6)3(7)8/h2H,1,5-6H2,(H,7,8)/t2?,4-/m0/s1. The zero-order chi connectivity index (χ0) is 6.36. The number of carboxylic acids is 1. The molecule has 0 heterocycles. The van der Waals surface area contributed by atoms with Crippen molar-refractivity contribution in [3.05, 3.63) is 0 Å². The van der Waals surface area contributed by atoms with Crippen molar-refractivity contribution in [2.45, 2.75) is 18.0 Å². The van der Waals surface area contributed by atoms with E-state index in [2.05, 4.69) is 0 Å². The molecule has 2 atom stereocenters. The van der Waals surface area contributed by atoms with Crippen LogP contribution in [0.2, 0.25) is 0 Å². The van der Waals surface area contributed by atoms with E-state index in [-0.39, 0.29) is 6.04 Å². The lowest BCUT2D eigenvalue weighted by Gasteiger charge is -1.98. The maximum absolute atomic E-state index is 10.1. The van der Waals surface area contributed by atoms with Crippen LogP contribution in [0, 0.1) is 0 Å². The zero-order valence-electron chi connectivity index (χ0n) is 4.29. The fourth-order valence-electron chi connectivity index (χ4n) is 0.551. The Morgan fingerprint density at radius 2 is 2.25 bits per heavy atom. The average molecular weight is 116 g/mol. The molecule has 0 spiro atoms. The van der Waals surface area contributed by atoms with Gasteiger partial charge in [0.15, 0.2) is 0 Å². The lowest BCUT2D eigenvalue weighted by molar-refractivity contribution is -0.139. The molecule has 0 amide bonds. The van der Waals surface area contributed by atoms with E-state index in [9.17, 15) is 4.79 Å². The average Bonchev–Trinajstić information content (AvgIpc) is 2.17.